The maximum absolute atomic E-state index is 12.5. The molecule has 3 heterocycles. The average Bonchev–Trinajstić information content (AvgIpc) is 3.52. The Morgan fingerprint density at radius 3 is 2.50 bits per heavy atom. The molecular formula is C22H18N2O3S3. The van der Waals surface area contributed by atoms with Crippen molar-refractivity contribution in [2.45, 2.75) is 13.0 Å². The molecule has 0 saturated carbocycles. The maximum atomic E-state index is 12.5. The van der Waals surface area contributed by atoms with Crippen molar-refractivity contribution in [2.24, 2.45) is 0 Å². The van der Waals surface area contributed by atoms with Gasteiger partial charge in [-0.25, -0.2) is 9.78 Å². The summed E-state index contributed by atoms with van der Waals surface area (Å²) in [4.78, 5) is 31.9. The third-order valence-electron chi connectivity index (χ3n) is 4.31. The molecule has 0 aliphatic carbocycles. The van der Waals surface area contributed by atoms with Crippen molar-refractivity contribution in [2.75, 3.05) is 6.61 Å². The average molecular weight is 455 g/mol. The summed E-state index contributed by atoms with van der Waals surface area (Å²) >= 11 is 4.41. The number of nitrogens with zero attached hydrogens (tertiary/aromatic N) is 1. The van der Waals surface area contributed by atoms with Gasteiger partial charge < -0.3 is 10.1 Å². The fraction of sp³-hybridized carbons (Fsp3) is 0.136. The minimum absolute atomic E-state index is 0.284. The van der Waals surface area contributed by atoms with Gasteiger partial charge in [0.1, 0.15) is 9.88 Å². The quantitative estimate of drug-likeness (QED) is 0.385. The first-order chi connectivity index (χ1) is 14.6. The Labute approximate surface area is 186 Å². The van der Waals surface area contributed by atoms with Gasteiger partial charge in [0.2, 0.25) is 0 Å². The smallest absolute Gasteiger partial charge is 0.350 e. The lowest BCUT2D eigenvalue weighted by atomic mass is 10.1. The molecule has 0 aliphatic heterocycles. The normalized spacial score (nSPS) is 11.8. The molecule has 0 saturated heterocycles. The number of carbonyl (C=O) groups is 2. The second kappa shape index (κ2) is 9.34. The second-order valence-corrected chi connectivity index (χ2v) is 9.34. The van der Waals surface area contributed by atoms with Crippen LogP contribution in [-0.4, -0.2) is 23.5 Å². The van der Waals surface area contributed by atoms with E-state index in [0.29, 0.717) is 10.6 Å². The lowest BCUT2D eigenvalue weighted by molar-refractivity contribution is -0.124. The lowest BCUT2D eigenvalue weighted by Crippen LogP contribution is -2.32. The highest BCUT2D eigenvalue weighted by Gasteiger charge is 2.21. The number of rotatable bonds is 7. The van der Waals surface area contributed by atoms with Gasteiger partial charge in [0, 0.05) is 4.88 Å². The van der Waals surface area contributed by atoms with E-state index in [1.807, 2.05) is 65.4 Å². The molecule has 5 nitrogen and oxygen atoms in total. The number of esters is 1. The minimum Gasteiger partial charge on any atom is -0.451 e. The molecule has 3 aromatic heterocycles. The zero-order chi connectivity index (χ0) is 20.9. The van der Waals surface area contributed by atoms with E-state index in [1.165, 1.54) is 11.3 Å². The number of aryl methyl sites for hydroxylation is 1. The monoisotopic (exact) mass is 454 g/mol. The maximum Gasteiger partial charge on any atom is 0.350 e. The number of aromatic nitrogens is 1. The Kier molecular flexibility index (Phi) is 6.37. The fourth-order valence-electron chi connectivity index (χ4n) is 2.91. The van der Waals surface area contributed by atoms with Crippen molar-refractivity contribution in [3.63, 3.8) is 0 Å². The summed E-state index contributed by atoms with van der Waals surface area (Å²) in [7, 11) is 0. The van der Waals surface area contributed by atoms with Crippen LogP contribution in [-0.2, 0) is 9.53 Å². The number of thiophene rings is 2. The molecule has 0 radical (unpaired) electrons. The van der Waals surface area contributed by atoms with Crippen molar-refractivity contribution in [1.82, 2.24) is 10.3 Å². The number of hydrogen-bond acceptors (Lipinski definition) is 7. The van der Waals surface area contributed by atoms with Crippen LogP contribution < -0.4 is 5.32 Å². The molecule has 1 N–H and O–H groups in total. The van der Waals surface area contributed by atoms with Crippen LogP contribution >= 0.6 is 34.0 Å². The van der Waals surface area contributed by atoms with E-state index in [9.17, 15) is 9.59 Å². The third-order valence-corrected chi connectivity index (χ3v) is 7.43. The Morgan fingerprint density at radius 2 is 1.80 bits per heavy atom. The number of nitrogens with one attached hydrogen (secondary N) is 1. The van der Waals surface area contributed by atoms with E-state index in [4.69, 9.17) is 4.74 Å². The van der Waals surface area contributed by atoms with Gasteiger partial charge in [0.15, 0.2) is 6.61 Å². The van der Waals surface area contributed by atoms with Crippen LogP contribution in [0.1, 0.15) is 31.8 Å². The van der Waals surface area contributed by atoms with E-state index >= 15 is 0 Å². The summed E-state index contributed by atoms with van der Waals surface area (Å²) in [5.41, 5.74) is 1.58. The van der Waals surface area contributed by atoms with Crippen LogP contribution in [0, 0.1) is 6.92 Å². The van der Waals surface area contributed by atoms with Crippen molar-refractivity contribution in [1.29, 1.82) is 0 Å². The number of benzene rings is 1. The van der Waals surface area contributed by atoms with Gasteiger partial charge in [-0.3, -0.25) is 4.79 Å². The molecular weight excluding hydrogens is 436 g/mol. The van der Waals surface area contributed by atoms with Crippen molar-refractivity contribution >= 4 is 45.9 Å². The molecule has 1 amide bonds. The lowest BCUT2D eigenvalue weighted by Gasteiger charge is -2.18. The minimum atomic E-state index is -0.532. The van der Waals surface area contributed by atoms with Crippen LogP contribution in [0.25, 0.3) is 9.88 Å². The van der Waals surface area contributed by atoms with E-state index in [-0.39, 0.29) is 18.6 Å². The molecule has 1 atom stereocenters. The van der Waals surface area contributed by atoms with Gasteiger partial charge in [0.05, 0.1) is 16.6 Å². The Morgan fingerprint density at radius 1 is 1.03 bits per heavy atom. The van der Waals surface area contributed by atoms with E-state index in [2.05, 4.69) is 10.3 Å². The summed E-state index contributed by atoms with van der Waals surface area (Å²) in [5, 5.41) is 7.68. The third kappa shape index (κ3) is 4.67. The first kappa shape index (κ1) is 20.5. The SMILES string of the molecule is Cc1nc(-c2cccs2)sc1C(=O)OCC(=O)NC(c1ccccc1)c1cccs1. The van der Waals surface area contributed by atoms with Crippen LogP contribution in [0.5, 0.6) is 0 Å². The molecule has 4 rings (SSSR count). The van der Waals surface area contributed by atoms with Crippen LogP contribution in [0.4, 0.5) is 0 Å². The van der Waals surface area contributed by atoms with Crippen molar-refractivity contribution < 1.29 is 14.3 Å². The van der Waals surface area contributed by atoms with E-state index < -0.39 is 5.97 Å². The highest BCUT2D eigenvalue weighted by Crippen LogP contribution is 2.31. The Hall–Kier alpha value is -2.81. The highest BCUT2D eigenvalue weighted by atomic mass is 32.1. The molecule has 8 heteroatoms. The molecule has 152 valence electrons. The highest BCUT2D eigenvalue weighted by molar-refractivity contribution is 7.22. The molecule has 1 unspecified atom stereocenters. The van der Waals surface area contributed by atoms with Gasteiger partial charge >= 0.3 is 5.97 Å². The topological polar surface area (TPSA) is 68.3 Å². The van der Waals surface area contributed by atoms with Gasteiger partial charge in [-0.05, 0) is 35.4 Å². The summed E-state index contributed by atoms with van der Waals surface area (Å²) < 4.78 is 5.28. The van der Waals surface area contributed by atoms with Gasteiger partial charge in [-0.15, -0.1) is 34.0 Å². The molecule has 0 aliphatic rings. The molecule has 0 spiro atoms. The van der Waals surface area contributed by atoms with Crippen LogP contribution in [0.3, 0.4) is 0 Å². The zero-order valence-electron chi connectivity index (χ0n) is 16.0. The van der Waals surface area contributed by atoms with Gasteiger partial charge in [-0.1, -0.05) is 42.5 Å². The fourth-order valence-corrected chi connectivity index (χ4v) is 5.47. The first-order valence-corrected chi connectivity index (χ1v) is 11.8. The van der Waals surface area contributed by atoms with E-state index in [0.717, 1.165) is 20.3 Å². The molecule has 0 fully saturated rings. The predicted octanol–water partition coefficient (Wildman–Crippen LogP) is 5.30. The van der Waals surface area contributed by atoms with Gasteiger partial charge in [-0.2, -0.15) is 0 Å². The summed E-state index contributed by atoms with van der Waals surface area (Å²) in [6.07, 6.45) is 0. The summed E-state index contributed by atoms with van der Waals surface area (Å²) in [6.45, 7) is 1.42. The van der Waals surface area contributed by atoms with Crippen molar-refractivity contribution in [3.05, 3.63) is 86.4 Å². The Balaban J connectivity index is 1.41. The summed E-state index contributed by atoms with van der Waals surface area (Å²) in [5.74, 6) is -0.887. The first-order valence-electron chi connectivity index (χ1n) is 9.18. The number of hydrogen-bond donors (Lipinski definition) is 1. The van der Waals surface area contributed by atoms with Crippen LogP contribution in [0.15, 0.2) is 65.4 Å². The number of thiazole rings is 1. The van der Waals surface area contributed by atoms with E-state index in [1.54, 1.807) is 29.6 Å². The summed E-state index contributed by atoms with van der Waals surface area (Å²) in [6, 6.07) is 17.2. The zero-order valence-corrected chi connectivity index (χ0v) is 18.5. The second-order valence-electron chi connectivity index (χ2n) is 6.41. The number of carbonyl (C=O) groups excluding carboxylic acids is 2. The molecule has 30 heavy (non-hydrogen) atoms. The molecule has 1 aromatic carbocycles. The number of ether oxygens (including phenoxy) is 1. The van der Waals surface area contributed by atoms with Gasteiger partial charge in [0.25, 0.3) is 5.91 Å². The number of amides is 1. The standard InChI is InChI=1S/C22H18N2O3S3/c1-14-20(30-21(23-14)17-10-6-12-29-17)22(26)27-13-18(25)24-19(16-9-5-11-28-16)15-7-3-2-4-8-15/h2-12,19H,13H2,1H3,(H,24,25). The largest absolute Gasteiger partial charge is 0.451 e. The molecule has 4 aromatic rings. The predicted molar refractivity (Wildman–Crippen MR) is 121 cm³/mol. The van der Waals surface area contributed by atoms with Crippen LogP contribution in [0.2, 0.25) is 0 Å². The molecule has 0 bridgehead atoms. The van der Waals surface area contributed by atoms with Crippen molar-refractivity contribution in [3.8, 4) is 9.88 Å². The Bertz CT molecular complexity index is 1120.